The third kappa shape index (κ3) is 3.34. The van der Waals surface area contributed by atoms with Gasteiger partial charge in [-0.3, -0.25) is 9.78 Å². The van der Waals surface area contributed by atoms with Crippen molar-refractivity contribution >= 4 is 5.91 Å². The van der Waals surface area contributed by atoms with E-state index in [1.54, 1.807) is 6.07 Å². The van der Waals surface area contributed by atoms with Crippen molar-refractivity contribution in [1.82, 2.24) is 10.3 Å². The second-order valence-corrected chi connectivity index (χ2v) is 4.09. The van der Waals surface area contributed by atoms with Crippen molar-refractivity contribution in [3.05, 3.63) is 66.0 Å². The number of pyridine rings is 1. The van der Waals surface area contributed by atoms with E-state index in [9.17, 15) is 18.0 Å². The second kappa shape index (κ2) is 5.73. The number of alkyl halides is 3. The van der Waals surface area contributed by atoms with Gasteiger partial charge in [0, 0.05) is 18.0 Å². The topological polar surface area (TPSA) is 42.0 Å². The summed E-state index contributed by atoms with van der Waals surface area (Å²) in [6.07, 6.45) is -1.87. The summed E-state index contributed by atoms with van der Waals surface area (Å²) in [5.74, 6) is -0.793. The summed E-state index contributed by atoms with van der Waals surface area (Å²) >= 11 is 0. The van der Waals surface area contributed by atoms with Crippen molar-refractivity contribution in [2.75, 3.05) is 0 Å². The minimum atomic E-state index is -4.57. The first-order valence-electron chi connectivity index (χ1n) is 5.81. The standard InChI is InChI=1S/C14H11F3N2O/c15-14(16,17)12(10-4-2-1-3-5-10)19-13(20)11-6-8-18-9-7-11/h1-9,12H,(H,19,20). The molecule has 6 heteroatoms. The lowest BCUT2D eigenvalue weighted by atomic mass is 10.1. The molecule has 1 amide bonds. The van der Waals surface area contributed by atoms with Crippen LogP contribution in [-0.4, -0.2) is 17.1 Å². The van der Waals surface area contributed by atoms with Crippen molar-refractivity contribution in [1.29, 1.82) is 0 Å². The van der Waals surface area contributed by atoms with E-state index in [0.717, 1.165) is 0 Å². The molecule has 1 aromatic carbocycles. The van der Waals surface area contributed by atoms with Gasteiger partial charge < -0.3 is 5.32 Å². The highest BCUT2D eigenvalue weighted by Gasteiger charge is 2.41. The molecule has 1 atom stereocenters. The molecule has 0 aliphatic carbocycles. The fourth-order valence-electron chi connectivity index (χ4n) is 1.72. The monoisotopic (exact) mass is 280 g/mol. The molecule has 0 aliphatic rings. The molecular formula is C14H11F3N2O. The fraction of sp³-hybridized carbons (Fsp3) is 0.143. The Balaban J connectivity index is 2.24. The van der Waals surface area contributed by atoms with Gasteiger partial charge in [-0.1, -0.05) is 30.3 Å². The molecule has 104 valence electrons. The van der Waals surface area contributed by atoms with Crippen molar-refractivity contribution in [3.8, 4) is 0 Å². The maximum absolute atomic E-state index is 13.1. The van der Waals surface area contributed by atoms with Crippen LogP contribution in [0, 0.1) is 0 Å². The lowest BCUT2D eigenvalue weighted by Gasteiger charge is -2.22. The number of hydrogen-bond donors (Lipinski definition) is 1. The predicted octanol–water partition coefficient (Wildman–Crippen LogP) is 3.12. The number of halogens is 3. The predicted molar refractivity (Wildman–Crippen MR) is 66.9 cm³/mol. The van der Waals surface area contributed by atoms with E-state index in [2.05, 4.69) is 4.98 Å². The third-order valence-electron chi connectivity index (χ3n) is 2.68. The van der Waals surface area contributed by atoms with E-state index >= 15 is 0 Å². The summed E-state index contributed by atoms with van der Waals surface area (Å²) in [6, 6.07) is 7.92. The van der Waals surface area contributed by atoms with E-state index in [-0.39, 0.29) is 11.1 Å². The first-order valence-corrected chi connectivity index (χ1v) is 5.81. The molecule has 3 nitrogen and oxygen atoms in total. The lowest BCUT2D eigenvalue weighted by Crippen LogP contribution is -2.38. The van der Waals surface area contributed by atoms with Crippen LogP contribution in [0.3, 0.4) is 0 Å². The average Bonchev–Trinajstić information content (AvgIpc) is 2.45. The zero-order chi connectivity index (χ0) is 14.6. The van der Waals surface area contributed by atoms with Gasteiger partial charge in [0.2, 0.25) is 0 Å². The molecule has 1 aromatic heterocycles. The van der Waals surface area contributed by atoms with Gasteiger partial charge >= 0.3 is 6.18 Å². The Kier molecular flexibility index (Phi) is 4.02. The molecule has 1 unspecified atom stereocenters. The Labute approximate surface area is 113 Å². The number of carbonyl (C=O) groups excluding carboxylic acids is 1. The quantitative estimate of drug-likeness (QED) is 0.938. The van der Waals surface area contributed by atoms with Gasteiger partial charge in [0.15, 0.2) is 6.04 Å². The molecule has 1 heterocycles. The molecule has 0 fully saturated rings. The SMILES string of the molecule is O=C(NC(c1ccccc1)C(F)(F)F)c1ccncc1. The van der Waals surface area contributed by atoms with Crippen LogP contribution in [0.2, 0.25) is 0 Å². The van der Waals surface area contributed by atoms with Crippen LogP contribution >= 0.6 is 0 Å². The molecule has 2 rings (SSSR count). The maximum atomic E-state index is 13.1. The van der Waals surface area contributed by atoms with Crippen molar-refractivity contribution in [3.63, 3.8) is 0 Å². The summed E-state index contributed by atoms with van der Waals surface area (Å²) in [5.41, 5.74) is 0.118. The minimum Gasteiger partial charge on any atom is -0.337 e. The van der Waals surface area contributed by atoms with E-state index in [1.807, 2.05) is 5.32 Å². The van der Waals surface area contributed by atoms with Crippen LogP contribution in [0.4, 0.5) is 13.2 Å². The van der Waals surface area contributed by atoms with Gasteiger partial charge in [-0.2, -0.15) is 13.2 Å². The Morgan fingerprint density at radius 1 is 1.05 bits per heavy atom. The van der Waals surface area contributed by atoms with E-state index in [1.165, 1.54) is 48.8 Å². The maximum Gasteiger partial charge on any atom is 0.412 e. The molecule has 0 spiro atoms. The Bertz CT molecular complexity index is 570. The first kappa shape index (κ1) is 14.0. The molecule has 0 saturated heterocycles. The van der Waals surface area contributed by atoms with Gasteiger partial charge in [0.05, 0.1) is 0 Å². The number of rotatable bonds is 3. The largest absolute Gasteiger partial charge is 0.412 e. The Hall–Kier alpha value is -2.37. The zero-order valence-corrected chi connectivity index (χ0v) is 10.3. The Morgan fingerprint density at radius 3 is 2.20 bits per heavy atom. The number of nitrogens with zero attached hydrogens (tertiary/aromatic N) is 1. The highest BCUT2D eigenvalue weighted by atomic mass is 19.4. The summed E-state index contributed by atoms with van der Waals surface area (Å²) in [5, 5.41) is 2.00. The van der Waals surface area contributed by atoms with Gasteiger partial charge in [0.25, 0.3) is 5.91 Å². The summed E-state index contributed by atoms with van der Waals surface area (Å²) in [4.78, 5) is 15.5. The van der Waals surface area contributed by atoms with Crippen LogP contribution in [0.15, 0.2) is 54.9 Å². The fourth-order valence-corrected chi connectivity index (χ4v) is 1.72. The van der Waals surface area contributed by atoms with E-state index in [4.69, 9.17) is 0 Å². The summed E-state index contributed by atoms with van der Waals surface area (Å²) in [7, 11) is 0. The number of aromatic nitrogens is 1. The lowest BCUT2D eigenvalue weighted by molar-refractivity contribution is -0.155. The first-order chi connectivity index (χ1) is 9.48. The number of amides is 1. The molecular weight excluding hydrogens is 269 g/mol. The zero-order valence-electron chi connectivity index (χ0n) is 10.3. The summed E-state index contributed by atoms with van der Waals surface area (Å²) in [6.45, 7) is 0. The molecule has 0 saturated carbocycles. The highest BCUT2D eigenvalue weighted by Crippen LogP contribution is 2.32. The van der Waals surface area contributed by atoms with Crippen LogP contribution in [-0.2, 0) is 0 Å². The van der Waals surface area contributed by atoms with Gasteiger partial charge in [-0.05, 0) is 17.7 Å². The van der Waals surface area contributed by atoms with Crippen LogP contribution in [0.5, 0.6) is 0 Å². The molecule has 2 aromatic rings. The Morgan fingerprint density at radius 2 is 1.65 bits per heavy atom. The van der Waals surface area contributed by atoms with Crippen LogP contribution in [0.25, 0.3) is 0 Å². The highest BCUT2D eigenvalue weighted by molar-refractivity contribution is 5.94. The van der Waals surface area contributed by atoms with Crippen molar-refractivity contribution in [2.45, 2.75) is 12.2 Å². The number of carbonyl (C=O) groups is 1. The minimum absolute atomic E-state index is 0.0117. The molecule has 20 heavy (non-hydrogen) atoms. The van der Waals surface area contributed by atoms with Crippen molar-refractivity contribution in [2.24, 2.45) is 0 Å². The molecule has 1 N–H and O–H groups in total. The smallest absolute Gasteiger partial charge is 0.337 e. The molecule has 0 aliphatic heterocycles. The summed E-state index contributed by atoms with van der Waals surface area (Å²) < 4.78 is 39.2. The van der Waals surface area contributed by atoms with E-state index in [0.29, 0.717) is 0 Å². The van der Waals surface area contributed by atoms with Gasteiger partial charge in [-0.15, -0.1) is 0 Å². The van der Waals surface area contributed by atoms with E-state index < -0.39 is 18.1 Å². The van der Waals surface area contributed by atoms with Crippen LogP contribution < -0.4 is 5.32 Å². The van der Waals surface area contributed by atoms with Crippen LogP contribution in [0.1, 0.15) is 22.0 Å². The number of hydrogen-bond acceptors (Lipinski definition) is 2. The molecule has 0 radical (unpaired) electrons. The average molecular weight is 280 g/mol. The third-order valence-corrected chi connectivity index (χ3v) is 2.68. The van der Waals surface area contributed by atoms with Crippen molar-refractivity contribution < 1.29 is 18.0 Å². The second-order valence-electron chi connectivity index (χ2n) is 4.09. The number of nitrogens with one attached hydrogen (secondary N) is 1. The normalized spacial score (nSPS) is 12.8. The van der Waals surface area contributed by atoms with Gasteiger partial charge in [0.1, 0.15) is 0 Å². The van der Waals surface area contributed by atoms with Gasteiger partial charge in [-0.25, -0.2) is 0 Å². The number of benzene rings is 1. The molecule has 0 bridgehead atoms.